The van der Waals surface area contributed by atoms with Crippen LogP contribution in [0.5, 0.6) is 0 Å². The van der Waals surface area contributed by atoms with Gasteiger partial charge in [-0.1, -0.05) is 96.8 Å². The number of unbranched alkanes of at least 4 members (excludes halogenated alkanes) is 14. The van der Waals surface area contributed by atoms with Crippen LogP contribution >= 0.6 is 0 Å². The van der Waals surface area contributed by atoms with E-state index in [-0.39, 0.29) is 12.3 Å². The molecule has 0 aromatic heterocycles. The molecule has 0 aromatic carbocycles. The lowest BCUT2D eigenvalue weighted by Crippen LogP contribution is -2.53. The van der Waals surface area contributed by atoms with Gasteiger partial charge in [-0.15, -0.1) is 0 Å². The Morgan fingerprint density at radius 2 is 1.16 bits per heavy atom. The number of carbonyl (C=O) groups is 2. The van der Waals surface area contributed by atoms with Gasteiger partial charge in [0, 0.05) is 6.42 Å². The van der Waals surface area contributed by atoms with Gasteiger partial charge in [0.05, 0.1) is 6.61 Å². The van der Waals surface area contributed by atoms with Crippen LogP contribution in [0.25, 0.3) is 0 Å². The van der Waals surface area contributed by atoms with E-state index in [1.807, 2.05) is 0 Å². The van der Waals surface area contributed by atoms with Gasteiger partial charge in [0.15, 0.2) is 0 Å². The molecule has 0 saturated heterocycles. The largest absolute Gasteiger partial charge is 0.394 e. The Kier molecular flexibility index (Phi) is 20.2. The van der Waals surface area contributed by atoms with E-state index in [4.69, 9.17) is 5.11 Å². The number of nitrogens with one attached hydrogen (secondary N) is 1. The van der Waals surface area contributed by atoms with Crippen molar-refractivity contribution >= 4 is 12.2 Å². The third-order valence-electron chi connectivity index (χ3n) is 5.78. The van der Waals surface area contributed by atoms with Crippen LogP contribution in [0.1, 0.15) is 110 Å². The van der Waals surface area contributed by atoms with Crippen LogP contribution in [0.2, 0.25) is 0 Å². The SMILES string of the molecule is CCCCCCCCCCCCCCCCCC(=O)N[C@@H](C=O)[C@@H](O)[C@H](O)[C@H](O)CO. The molecular formula is C24H47NO6. The van der Waals surface area contributed by atoms with Crippen molar-refractivity contribution < 1.29 is 30.0 Å². The van der Waals surface area contributed by atoms with E-state index in [9.17, 15) is 24.9 Å². The maximum atomic E-state index is 11.9. The first-order valence-corrected chi connectivity index (χ1v) is 12.4. The minimum absolute atomic E-state index is 0.244. The smallest absolute Gasteiger partial charge is 0.220 e. The van der Waals surface area contributed by atoms with Crippen molar-refractivity contribution in [3.63, 3.8) is 0 Å². The summed E-state index contributed by atoms with van der Waals surface area (Å²) in [6.45, 7) is 1.49. The summed E-state index contributed by atoms with van der Waals surface area (Å²) in [5.74, 6) is -0.378. The summed E-state index contributed by atoms with van der Waals surface area (Å²) < 4.78 is 0. The summed E-state index contributed by atoms with van der Waals surface area (Å²) in [7, 11) is 0. The molecule has 0 aliphatic heterocycles. The average Bonchev–Trinajstić information content (AvgIpc) is 2.78. The molecule has 0 spiro atoms. The molecule has 5 N–H and O–H groups in total. The van der Waals surface area contributed by atoms with Crippen molar-refractivity contribution in [2.45, 2.75) is 134 Å². The van der Waals surface area contributed by atoms with Crippen molar-refractivity contribution in [1.82, 2.24) is 5.32 Å². The van der Waals surface area contributed by atoms with E-state index in [1.54, 1.807) is 0 Å². The van der Waals surface area contributed by atoms with Gasteiger partial charge in [-0.3, -0.25) is 4.79 Å². The van der Waals surface area contributed by atoms with E-state index >= 15 is 0 Å². The minimum atomic E-state index is -1.72. The lowest BCUT2D eigenvalue weighted by Gasteiger charge is -2.26. The quantitative estimate of drug-likeness (QED) is 0.129. The summed E-state index contributed by atoms with van der Waals surface area (Å²) in [4.78, 5) is 23.0. The Hall–Kier alpha value is -1.02. The Morgan fingerprint density at radius 1 is 0.742 bits per heavy atom. The minimum Gasteiger partial charge on any atom is -0.394 e. The van der Waals surface area contributed by atoms with Gasteiger partial charge in [-0.25, -0.2) is 0 Å². The van der Waals surface area contributed by atoms with Crippen LogP contribution in [-0.2, 0) is 9.59 Å². The number of aldehydes is 1. The number of aliphatic hydroxyl groups excluding tert-OH is 4. The van der Waals surface area contributed by atoms with Gasteiger partial charge in [0.25, 0.3) is 0 Å². The Labute approximate surface area is 188 Å². The van der Waals surface area contributed by atoms with Crippen LogP contribution in [0, 0.1) is 0 Å². The predicted molar refractivity (Wildman–Crippen MR) is 123 cm³/mol. The monoisotopic (exact) mass is 445 g/mol. The fourth-order valence-electron chi connectivity index (χ4n) is 3.66. The Bertz CT molecular complexity index is 434. The maximum Gasteiger partial charge on any atom is 0.220 e. The molecule has 0 rings (SSSR count). The lowest BCUT2D eigenvalue weighted by atomic mass is 10.0. The van der Waals surface area contributed by atoms with Gasteiger partial charge in [-0.2, -0.15) is 0 Å². The summed E-state index contributed by atoms with van der Waals surface area (Å²) in [6.07, 6.45) is 14.2. The number of rotatable bonds is 22. The summed E-state index contributed by atoms with van der Waals surface area (Å²) in [6, 6.07) is -1.32. The molecule has 184 valence electrons. The van der Waals surface area contributed by atoms with Crippen molar-refractivity contribution in [1.29, 1.82) is 0 Å². The zero-order valence-corrected chi connectivity index (χ0v) is 19.5. The highest BCUT2D eigenvalue weighted by atomic mass is 16.4. The first-order chi connectivity index (χ1) is 15.0. The molecule has 7 heteroatoms. The number of hydrogen-bond donors (Lipinski definition) is 5. The molecule has 4 atom stereocenters. The summed E-state index contributed by atoms with van der Waals surface area (Å²) in [5, 5.41) is 40.0. The number of carbonyl (C=O) groups excluding carboxylic acids is 2. The van der Waals surface area contributed by atoms with E-state index in [1.165, 1.54) is 77.0 Å². The fourth-order valence-corrected chi connectivity index (χ4v) is 3.66. The fraction of sp³-hybridized carbons (Fsp3) is 0.917. The average molecular weight is 446 g/mol. The predicted octanol–water partition coefficient (Wildman–Crippen LogP) is 3.01. The first-order valence-electron chi connectivity index (χ1n) is 12.4. The zero-order chi connectivity index (χ0) is 23.3. The van der Waals surface area contributed by atoms with E-state index in [0.29, 0.717) is 12.7 Å². The highest BCUT2D eigenvalue weighted by Gasteiger charge is 2.31. The Morgan fingerprint density at radius 3 is 1.55 bits per heavy atom. The van der Waals surface area contributed by atoms with E-state index in [0.717, 1.165) is 12.8 Å². The number of aliphatic hydroxyl groups is 4. The molecule has 0 unspecified atom stereocenters. The van der Waals surface area contributed by atoms with Crippen LogP contribution < -0.4 is 5.32 Å². The van der Waals surface area contributed by atoms with E-state index in [2.05, 4.69) is 12.2 Å². The van der Waals surface area contributed by atoms with Crippen LogP contribution in [0.3, 0.4) is 0 Å². The van der Waals surface area contributed by atoms with Gasteiger partial charge in [0.1, 0.15) is 30.6 Å². The molecule has 0 aliphatic carbocycles. The van der Waals surface area contributed by atoms with Gasteiger partial charge in [-0.05, 0) is 6.42 Å². The van der Waals surface area contributed by atoms with Crippen molar-refractivity contribution in [3.8, 4) is 0 Å². The molecule has 1 amide bonds. The highest BCUT2D eigenvalue weighted by Crippen LogP contribution is 2.14. The first kappa shape index (κ1) is 30.0. The molecule has 0 aromatic rings. The standard InChI is InChI=1S/C24H47NO6/c1-2-3-4-5-6-7-8-9-10-11-12-13-14-15-16-17-22(29)25-20(18-26)23(30)24(31)21(28)19-27/h18,20-21,23-24,27-28,30-31H,2-17,19H2,1H3,(H,25,29)/t20-,21+,23+,24+/m0/s1. The topological polar surface area (TPSA) is 127 Å². The van der Waals surface area contributed by atoms with Gasteiger partial charge >= 0.3 is 0 Å². The number of amides is 1. The second-order valence-electron chi connectivity index (χ2n) is 8.66. The maximum absolute atomic E-state index is 11.9. The van der Waals surface area contributed by atoms with Crippen LogP contribution in [-0.4, -0.2) is 63.6 Å². The van der Waals surface area contributed by atoms with Gasteiger partial charge in [0.2, 0.25) is 5.91 Å². The molecule has 0 aliphatic rings. The lowest BCUT2D eigenvalue weighted by molar-refractivity contribution is -0.131. The molecule has 0 heterocycles. The molecular weight excluding hydrogens is 398 g/mol. The third kappa shape index (κ3) is 16.3. The van der Waals surface area contributed by atoms with Crippen molar-refractivity contribution in [3.05, 3.63) is 0 Å². The normalized spacial score (nSPS) is 15.3. The molecule has 0 bridgehead atoms. The number of hydrogen-bond acceptors (Lipinski definition) is 6. The van der Waals surface area contributed by atoms with Crippen LogP contribution in [0.4, 0.5) is 0 Å². The molecule has 0 saturated carbocycles. The van der Waals surface area contributed by atoms with Crippen LogP contribution in [0.15, 0.2) is 0 Å². The Balaban J connectivity index is 3.61. The molecule has 7 nitrogen and oxygen atoms in total. The second-order valence-corrected chi connectivity index (χ2v) is 8.66. The zero-order valence-electron chi connectivity index (χ0n) is 19.5. The van der Waals surface area contributed by atoms with Crippen molar-refractivity contribution in [2.75, 3.05) is 6.61 Å². The second kappa shape index (κ2) is 20.9. The van der Waals surface area contributed by atoms with Gasteiger partial charge < -0.3 is 30.5 Å². The highest BCUT2D eigenvalue weighted by molar-refractivity contribution is 5.79. The van der Waals surface area contributed by atoms with Crippen molar-refractivity contribution in [2.24, 2.45) is 0 Å². The summed E-state index contributed by atoms with van der Waals surface area (Å²) in [5.41, 5.74) is 0. The summed E-state index contributed by atoms with van der Waals surface area (Å²) >= 11 is 0. The third-order valence-corrected chi connectivity index (χ3v) is 5.78. The molecule has 0 fully saturated rings. The van der Waals surface area contributed by atoms with E-state index < -0.39 is 31.0 Å². The molecule has 0 radical (unpaired) electrons. The molecule has 31 heavy (non-hydrogen) atoms.